The van der Waals surface area contributed by atoms with E-state index in [4.69, 9.17) is 6.42 Å². The second-order valence-electron chi connectivity index (χ2n) is 6.91. The average Bonchev–Trinajstić information content (AvgIpc) is 2.61. The van der Waals surface area contributed by atoms with Crippen molar-refractivity contribution in [2.75, 3.05) is 45.8 Å². The zero-order chi connectivity index (χ0) is 19.4. The van der Waals surface area contributed by atoms with E-state index in [-0.39, 0.29) is 12.2 Å². The van der Waals surface area contributed by atoms with E-state index in [2.05, 4.69) is 40.1 Å². The van der Waals surface area contributed by atoms with Crippen LogP contribution in [0, 0.1) is 12.3 Å². The Morgan fingerprint density at radius 2 is 1.69 bits per heavy atom. The summed E-state index contributed by atoms with van der Waals surface area (Å²) in [7, 11) is 0. The van der Waals surface area contributed by atoms with Crippen LogP contribution in [0.1, 0.15) is 31.9 Å². The lowest BCUT2D eigenvalue weighted by atomic mass is 10.1. The number of likely N-dealkylation sites (N-methyl/N-ethyl adjacent to an activating group) is 1. The number of hydrogen-bond acceptors (Lipinski definition) is 5. The van der Waals surface area contributed by atoms with E-state index in [9.17, 15) is 10.2 Å². The van der Waals surface area contributed by atoms with E-state index in [1.54, 1.807) is 6.92 Å². The van der Waals surface area contributed by atoms with Crippen LogP contribution < -0.4 is 5.32 Å². The summed E-state index contributed by atoms with van der Waals surface area (Å²) in [6.45, 7) is 12.4. The molecule has 146 valence electrons. The lowest BCUT2D eigenvalue weighted by Crippen LogP contribution is -2.42. The highest BCUT2D eigenvalue weighted by molar-refractivity contribution is 5.34. The normalized spacial score (nSPS) is 13.8. The molecule has 0 fully saturated rings. The number of nitrogens with zero attached hydrogens (tertiary/aromatic N) is 2. The molecular formula is C21H35N3O2. The third kappa shape index (κ3) is 9.91. The minimum absolute atomic E-state index is 0.336. The van der Waals surface area contributed by atoms with Crippen LogP contribution in [0.2, 0.25) is 0 Å². The van der Waals surface area contributed by atoms with Gasteiger partial charge in [0, 0.05) is 51.4 Å². The second-order valence-corrected chi connectivity index (χ2v) is 6.91. The van der Waals surface area contributed by atoms with Gasteiger partial charge in [0.1, 0.15) is 0 Å². The van der Waals surface area contributed by atoms with Gasteiger partial charge in [0.05, 0.1) is 12.2 Å². The van der Waals surface area contributed by atoms with Crippen LogP contribution in [0.4, 0.5) is 0 Å². The summed E-state index contributed by atoms with van der Waals surface area (Å²) in [6.07, 6.45) is 4.72. The molecule has 0 amide bonds. The summed E-state index contributed by atoms with van der Waals surface area (Å²) in [5.74, 6) is 2.65. The Balaban J connectivity index is 2.47. The minimum Gasteiger partial charge on any atom is -0.392 e. The number of rotatable bonds is 13. The number of terminal acetylenes is 1. The van der Waals surface area contributed by atoms with Crippen LogP contribution in [0.5, 0.6) is 0 Å². The zero-order valence-electron chi connectivity index (χ0n) is 16.5. The molecule has 1 aromatic rings. The van der Waals surface area contributed by atoms with Crippen LogP contribution in [0.15, 0.2) is 24.3 Å². The van der Waals surface area contributed by atoms with E-state index in [1.807, 2.05) is 19.1 Å². The van der Waals surface area contributed by atoms with E-state index in [1.165, 1.54) is 5.56 Å². The highest BCUT2D eigenvalue weighted by Gasteiger charge is 2.11. The molecule has 0 aliphatic carbocycles. The number of nitrogens with one attached hydrogen (secondary N) is 1. The third-order valence-corrected chi connectivity index (χ3v) is 4.27. The van der Waals surface area contributed by atoms with E-state index < -0.39 is 0 Å². The predicted octanol–water partition coefficient (Wildman–Crippen LogP) is 1.14. The van der Waals surface area contributed by atoms with Crippen molar-refractivity contribution in [1.82, 2.24) is 15.1 Å². The molecule has 0 aliphatic rings. The molecule has 0 radical (unpaired) electrons. The van der Waals surface area contributed by atoms with E-state index >= 15 is 0 Å². The molecule has 0 bridgehead atoms. The first kappa shape index (κ1) is 22.6. The van der Waals surface area contributed by atoms with Crippen molar-refractivity contribution < 1.29 is 10.2 Å². The summed E-state index contributed by atoms with van der Waals surface area (Å²) < 4.78 is 0. The Bertz CT molecular complexity index is 523. The van der Waals surface area contributed by atoms with Crippen LogP contribution in [0.25, 0.3) is 0 Å². The predicted molar refractivity (Wildman–Crippen MR) is 108 cm³/mol. The molecule has 1 rings (SSSR count). The molecule has 0 aliphatic heterocycles. The number of aliphatic hydroxyl groups is 2. The van der Waals surface area contributed by atoms with Gasteiger partial charge in [0.2, 0.25) is 0 Å². The van der Waals surface area contributed by atoms with Crippen molar-refractivity contribution in [2.24, 2.45) is 0 Å². The van der Waals surface area contributed by atoms with Gasteiger partial charge < -0.3 is 15.5 Å². The molecule has 0 spiro atoms. The average molecular weight is 362 g/mol. The maximum Gasteiger partial charge on any atom is 0.0639 e. The highest BCUT2D eigenvalue weighted by Crippen LogP contribution is 2.07. The summed E-state index contributed by atoms with van der Waals surface area (Å²) in [5, 5.41) is 22.3. The van der Waals surface area contributed by atoms with Crippen LogP contribution in [-0.4, -0.2) is 78.0 Å². The van der Waals surface area contributed by atoms with Gasteiger partial charge in [-0.1, -0.05) is 25.0 Å². The second kappa shape index (κ2) is 12.9. The molecule has 0 heterocycles. The standard InChI is InChI=1S/C21H35N3O2/c1-5-20-7-9-21(10-8-20)17-23(6-2)13-14-24(16-19(4)26)12-11-22-15-18(3)25/h1,7-10,18-19,22,25-26H,6,11-17H2,2-4H3/t18-,19-/m0/s1. The molecule has 1 aromatic carbocycles. The molecule has 26 heavy (non-hydrogen) atoms. The molecule has 2 atom stereocenters. The largest absolute Gasteiger partial charge is 0.392 e. The first-order valence-corrected chi connectivity index (χ1v) is 9.51. The zero-order valence-corrected chi connectivity index (χ0v) is 16.5. The van der Waals surface area contributed by atoms with E-state index in [0.29, 0.717) is 13.1 Å². The Kier molecular flexibility index (Phi) is 11.2. The fourth-order valence-corrected chi connectivity index (χ4v) is 2.81. The van der Waals surface area contributed by atoms with Gasteiger partial charge in [0.25, 0.3) is 0 Å². The summed E-state index contributed by atoms with van der Waals surface area (Å²) in [6, 6.07) is 8.14. The van der Waals surface area contributed by atoms with Gasteiger partial charge in [-0.15, -0.1) is 6.42 Å². The molecule has 0 unspecified atom stereocenters. The van der Waals surface area contributed by atoms with Gasteiger partial charge in [-0.25, -0.2) is 0 Å². The smallest absolute Gasteiger partial charge is 0.0639 e. The SMILES string of the molecule is C#Cc1ccc(CN(CC)CCN(CCNC[C@H](C)O)C[C@H](C)O)cc1. The summed E-state index contributed by atoms with van der Waals surface area (Å²) >= 11 is 0. The van der Waals surface area contributed by atoms with Gasteiger partial charge in [0.15, 0.2) is 0 Å². The van der Waals surface area contributed by atoms with Gasteiger partial charge in [-0.3, -0.25) is 9.80 Å². The fraction of sp³-hybridized carbons (Fsp3) is 0.619. The number of aliphatic hydroxyl groups excluding tert-OH is 2. The number of benzene rings is 1. The molecule has 3 N–H and O–H groups in total. The Morgan fingerprint density at radius 3 is 2.23 bits per heavy atom. The molecular weight excluding hydrogens is 326 g/mol. The molecule has 5 heteroatoms. The fourth-order valence-electron chi connectivity index (χ4n) is 2.81. The first-order chi connectivity index (χ1) is 12.4. The van der Waals surface area contributed by atoms with Crippen molar-refractivity contribution >= 4 is 0 Å². The molecule has 0 saturated heterocycles. The van der Waals surface area contributed by atoms with Crippen molar-refractivity contribution in [3.63, 3.8) is 0 Å². The van der Waals surface area contributed by atoms with Crippen molar-refractivity contribution in [2.45, 2.75) is 39.5 Å². The monoisotopic (exact) mass is 361 g/mol. The lowest BCUT2D eigenvalue weighted by molar-refractivity contribution is 0.114. The highest BCUT2D eigenvalue weighted by atomic mass is 16.3. The van der Waals surface area contributed by atoms with Crippen molar-refractivity contribution in [3.8, 4) is 12.3 Å². The van der Waals surface area contributed by atoms with Gasteiger partial charge in [-0.2, -0.15) is 0 Å². The van der Waals surface area contributed by atoms with Crippen molar-refractivity contribution in [3.05, 3.63) is 35.4 Å². The minimum atomic E-state index is -0.349. The first-order valence-electron chi connectivity index (χ1n) is 9.51. The third-order valence-electron chi connectivity index (χ3n) is 4.27. The van der Waals surface area contributed by atoms with Crippen LogP contribution in [-0.2, 0) is 6.54 Å². The van der Waals surface area contributed by atoms with Crippen LogP contribution in [0.3, 0.4) is 0 Å². The molecule has 0 aromatic heterocycles. The quantitative estimate of drug-likeness (QED) is 0.363. The topological polar surface area (TPSA) is 59.0 Å². The maximum atomic E-state index is 9.74. The van der Waals surface area contributed by atoms with Crippen molar-refractivity contribution in [1.29, 1.82) is 0 Å². The Hall–Kier alpha value is -1.42. The van der Waals surface area contributed by atoms with Crippen LogP contribution >= 0.6 is 0 Å². The van der Waals surface area contributed by atoms with Gasteiger partial charge in [-0.05, 0) is 38.1 Å². The maximum absolute atomic E-state index is 9.74. The lowest BCUT2D eigenvalue weighted by Gasteiger charge is -2.28. The van der Waals surface area contributed by atoms with E-state index in [0.717, 1.165) is 44.8 Å². The summed E-state index contributed by atoms with van der Waals surface area (Å²) in [5.41, 5.74) is 2.16. The Morgan fingerprint density at radius 1 is 1.04 bits per heavy atom. The Labute approximate surface area is 159 Å². The number of hydrogen-bond donors (Lipinski definition) is 3. The van der Waals surface area contributed by atoms with Gasteiger partial charge >= 0.3 is 0 Å². The molecule has 0 saturated carbocycles. The molecule has 5 nitrogen and oxygen atoms in total. The summed E-state index contributed by atoms with van der Waals surface area (Å²) in [4.78, 5) is 4.66.